The van der Waals surface area contributed by atoms with Crippen molar-refractivity contribution in [3.63, 3.8) is 0 Å². The number of benzene rings is 1. The van der Waals surface area contributed by atoms with Gasteiger partial charge in [-0.15, -0.1) is 6.42 Å². The molecule has 2 fully saturated rings. The lowest BCUT2D eigenvalue weighted by Gasteiger charge is -2.52. The van der Waals surface area contributed by atoms with Gasteiger partial charge in [-0.2, -0.15) is 0 Å². The van der Waals surface area contributed by atoms with Crippen LogP contribution in [0.4, 0.5) is 0 Å². The third-order valence-electron chi connectivity index (χ3n) is 7.32. The molecule has 0 aromatic heterocycles. The monoisotopic (exact) mass is 310 g/mol. The molecule has 0 radical (unpaired) electrons. The topological polar surface area (TPSA) is 29.5 Å². The highest BCUT2D eigenvalue weighted by Gasteiger charge is 2.61. The van der Waals surface area contributed by atoms with Crippen LogP contribution in [-0.4, -0.2) is 17.8 Å². The SMILES string of the molecule is C#C[C@]1(O)CC[C@@H]2[C@H]3CCc4cc(OC)ccc4[C@H]3CC[C@@]21C. The molecule has 5 atom stereocenters. The summed E-state index contributed by atoms with van der Waals surface area (Å²) in [5, 5.41) is 11.0. The number of aliphatic hydroxyl groups is 1. The van der Waals surface area contributed by atoms with Crippen molar-refractivity contribution in [2.45, 2.75) is 57.0 Å². The molecule has 3 aliphatic rings. The quantitative estimate of drug-likeness (QED) is 0.797. The van der Waals surface area contributed by atoms with Crippen LogP contribution in [0.1, 0.15) is 56.1 Å². The van der Waals surface area contributed by atoms with E-state index in [1.807, 2.05) is 0 Å². The standard InChI is InChI=1S/C21H26O2/c1-4-21(22)12-10-19-18-7-5-14-13-15(23-3)6-8-16(14)17(18)9-11-20(19,21)2/h1,6,8,13,17-19,22H,5,7,9-12H2,2-3H3/t17-,18+,19-,20+,21+/m1/s1. The Bertz CT molecular complexity index is 673. The van der Waals surface area contributed by atoms with Gasteiger partial charge in [-0.1, -0.05) is 18.9 Å². The summed E-state index contributed by atoms with van der Waals surface area (Å²) in [6, 6.07) is 6.59. The summed E-state index contributed by atoms with van der Waals surface area (Å²) in [5.41, 5.74) is 1.97. The summed E-state index contributed by atoms with van der Waals surface area (Å²) in [7, 11) is 1.73. The largest absolute Gasteiger partial charge is 0.497 e. The molecule has 2 nitrogen and oxygen atoms in total. The van der Waals surface area contributed by atoms with Crippen LogP contribution < -0.4 is 4.74 Å². The van der Waals surface area contributed by atoms with Gasteiger partial charge < -0.3 is 9.84 Å². The van der Waals surface area contributed by atoms with Gasteiger partial charge in [0, 0.05) is 5.41 Å². The fourth-order valence-corrected chi connectivity index (χ4v) is 5.94. The number of methoxy groups -OCH3 is 1. The molecule has 0 amide bonds. The van der Waals surface area contributed by atoms with E-state index in [2.05, 4.69) is 31.0 Å². The molecule has 1 N–H and O–H groups in total. The maximum atomic E-state index is 11.0. The highest BCUT2D eigenvalue weighted by atomic mass is 16.5. The number of hydrogen-bond donors (Lipinski definition) is 1. The summed E-state index contributed by atoms with van der Waals surface area (Å²) < 4.78 is 5.39. The van der Waals surface area contributed by atoms with Crippen molar-refractivity contribution in [3.8, 4) is 18.1 Å². The van der Waals surface area contributed by atoms with Gasteiger partial charge >= 0.3 is 0 Å². The van der Waals surface area contributed by atoms with Crippen LogP contribution in [0.15, 0.2) is 18.2 Å². The number of aryl methyl sites for hydroxylation is 1. The van der Waals surface area contributed by atoms with E-state index in [-0.39, 0.29) is 5.41 Å². The van der Waals surface area contributed by atoms with Gasteiger partial charge in [-0.05, 0) is 79.5 Å². The Morgan fingerprint density at radius 3 is 2.83 bits per heavy atom. The van der Waals surface area contributed by atoms with Crippen molar-refractivity contribution < 1.29 is 9.84 Å². The smallest absolute Gasteiger partial charge is 0.130 e. The van der Waals surface area contributed by atoms with Crippen molar-refractivity contribution >= 4 is 0 Å². The first-order valence-corrected chi connectivity index (χ1v) is 8.89. The van der Waals surface area contributed by atoms with Gasteiger partial charge in [0.1, 0.15) is 11.4 Å². The van der Waals surface area contributed by atoms with Gasteiger partial charge in [0.05, 0.1) is 7.11 Å². The van der Waals surface area contributed by atoms with Crippen LogP contribution in [-0.2, 0) is 6.42 Å². The van der Waals surface area contributed by atoms with Gasteiger partial charge in [0.25, 0.3) is 0 Å². The number of rotatable bonds is 1. The van der Waals surface area contributed by atoms with Gasteiger partial charge in [0.15, 0.2) is 0 Å². The van der Waals surface area contributed by atoms with Gasteiger partial charge in [0.2, 0.25) is 0 Å². The summed E-state index contributed by atoms with van der Waals surface area (Å²) >= 11 is 0. The second-order valence-corrected chi connectivity index (χ2v) is 7.98. The zero-order valence-electron chi connectivity index (χ0n) is 14.1. The highest BCUT2D eigenvalue weighted by Crippen LogP contribution is 2.64. The van der Waals surface area contributed by atoms with Crippen molar-refractivity contribution in [2.75, 3.05) is 7.11 Å². The first-order chi connectivity index (χ1) is 11.0. The lowest BCUT2D eigenvalue weighted by atomic mass is 9.53. The Balaban J connectivity index is 1.70. The van der Waals surface area contributed by atoms with E-state index in [0.717, 1.165) is 37.9 Å². The molecule has 4 rings (SSSR count). The molecule has 122 valence electrons. The third-order valence-corrected chi connectivity index (χ3v) is 7.32. The normalized spacial score (nSPS) is 41.4. The van der Waals surface area contributed by atoms with Crippen molar-refractivity contribution in [1.29, 1.82) is 0 Å². The van der Waals surface area contributed by atoms with Crippen LogP contribution in [0.3, 0.4) is 0 Å². The highest BCUT2D eigenvalue weighted by molar-refractivity contribution is 5.41. The molecule has 0 saturated heterocycles. The number of terminal acetylenes is 1. The number of fused-ring (bicyclic) bond motifs is 5. The lowest BCUT2D eigenvalue weighted by molar-refractivity contribution is -0.0646. The zero-order chi connectivity index (χ0) is 16.2. The molecular weight excluding hydrogens is 284 g/mol. The van der Waals surface area contributed by atoms with E-state index in [0.29, 0.717) is 17.8 Å². The van der Waals surface area contributed by atoms with Crippen molar-refractivity contribution in [3.05, 3.63) is 29.3 Å². The van der Waals surface area contributed by atoms with Crippen molar-refractivity contribution in [2.24, 2.45) is 17.3 Å². The summed E-state index contributed by atoms with van der Waals surface area (Å²) in [5.74, 6) is 5.56. The minimum Gasteiger partial charge on any atom is -0.497 e. The Hall–Kier alpha value is -1.46. The molecule has 23 heavy (non-hydrogen) atoms. The summed E-state index contributed by atoms with van der Waals surface area (Å²) in [6.07, 6.45) is 12.1. The maximum Gasteiger partial charge on any atom is 0.130 e. The number of ether oxygens (including phenoxy) is 1. The van der Waals surface area contributed by atoms with Crippen LogP contribution in [0.2, 0.25) is 0 Å². The first kappa shape index (κ1) is 15.1. The molecule has 1 aromatic carbocycles. The summed E-state index contributed by atoms with van der Waals surface area (Å²) in [4.78, 5) is 0. The zero-order valence-corrected chi connectivity index (χ0v) is 14.1. The Labute approximate surface area is 139 Å². The Kier molecular flexibility index (Phi) is 3.29. The predicted octanol–water partition coefficient (Wildman–Crippen LogP) is 3.92. The fourth-order valence-electron chi connectivity index (χ4n) is 5.94. The van der Waals surface area contributed by atoms with Gasteiger partial charge in [-0.25, -0.2) is 0 Å². The lowest BCUT2D eigenvalue weighted by Crippen LogP contribution is -2.50. The van der Waals surface area contributed by atoms with Crippen LogP contribution in [0.5, 0.6) is 5.75 Å². The molecule has 2 heteroatoms. The second-order valence-electron chi connectivity index (χ2n) is 7.98. The molecule has 0 aliphatic heterocycles. The van der Waals surface area contributed by atoms with Crippen molar-refractivity contribution in [1.82, 2.24) is 0 Å². The molecular formula is C21H26O2. The third kappa shape index (κ3) is 1.93. The summed E-state index contributed by atoms with van der Waals surface area (Å²) in [6.45, 7) is 2.24. The van der Waals surface area contributed by atoms with Crippen LogP contribution >= 0.6 is 0 Å². The van der Waals surface area contributed by atoms with E-state index in [1.165, 1.54) is 17.5 Å². The molecule has 1 aromatic rings. The first-order valence-electron chi connectivity index (χ1n) is 8.89. The van der Waals surface area contributed by atoms with E-state index in [1.54, 1.807) is 7.11 Å². The van der Waals surface area contributed by atoms with E-state index in [4.69, 9.17) is 11.2 Å². The van der Waals surface area contributed by atoms with E-state index in [9.17, 15) is 5.11 Å². The second kappa shape index (κ2) is 5.02. The molecule has 0 heterocycles. The maximum absolute atomic E-state index is 11.0. The Morgan fingerprint density at radius 2 is 2.09 bits per heavy atom. The minimum absolute atomic E-state index is 0.104. The average molecular weight is 310 g/mol. The van der Waals surface area contributed by atoms with Crippen LogP contribution in [0, 0.1) is 29.6 Å². The van der Waals surface area contributed by atoms with Crippen LogP contribution in [0.25, 0.3) is 0 Å². The Morgan fingerprint density at radius 1 is 1.26 bits per heavy atom. The average Bonchev–Trinajstić information content (AvgIpc) is 2.86. The number of hydrogen-bond acceptors (Lipinski definition) is 2. The molecule has 3 aliphatic carbocycles. The molecule has 0 bridgehead atoms. The minimum atomic E-state index is -0.900. The predicted molar refractivity (Wildman–Crippen MR) is 91.4 cm³/mol. The van der Waals surface area contributed by atoms with E-state index >= 15 is 0 Å². The molecule has 2 saturated carbocycles. The molecule has 0 spiro atoms. The fraction of sp³-hybridized carbons (Fsp3) is 0.619. The van der Waals surface area contributed by atoms with Gasteiger partial charge in [-0.3, -0.25) is 0 Å². The van der Waals surface area contributed by atoms with E-state index < -0.39 is 5.60 Å². The molecule has 0 unspecified atom stereocenters.